The van der Waals surface area contributed by atoms with Gasteiger partial charge in [-0.25, -0.2) is 0 Å². The Kier molecular flexibility index (Phi) is 9.51. The van der Waals surface area contributed by atoms with Crippen LogP contribution in [0.25, 0.3) is 0 Å². The summed E-state index contributed by atoms with van der Waals surface area (Å²) in [4.78, 5) is 34.6. The van der Waals surface area contributed by atoms with Crippen molar-refractivity contribution in [3.63, 3.8) is 0 Å². The minimum Gasteiger partial charge on any atom is -0.345 e. The van der Waals surface area contributed by atoms with Gasteiger partial charge in [0.15, 0.2) is 5.82 Å². The van der Waals surface area contributed by atoms with Crippen molar-refractivity contribution in [2.75, 3.05) is 0 Å². The zero-order valence-corrected chi connectivity index (χ0v) is 26.6. The van der Waals surface area contributed by atoms with Crippen molar-refractivity contribution in [3.05, 3.63) is 75.0 Å². The maximum absolute atomic E-state index is 14.5. The van der Waals surface area contributed by atoms with Crippen LogP contribution in [0.3, 0.4) is 0 Å². The quantitative estimate of drug-likeness (QED) is 0.258. The fourth-order valence-electron chi connectivity index (χ4n) is 6.36. The van der Waals surface area contributed by atoms with E-state index in [4.69, 9.17) is 28.2 Å². The fraction of sp³-hybridized carbons (Fsp3) is 0.500. The van der Waals surface area contributed by atoms with Crippen molar-refractivity contribution in [2.45, 2.75) is 84.5 Å². The molecule has 1 aliphatic carbocycles. The molecule has 1 aliphatic heterocycles. The molecule has 5 rings (SSSR count). The third kappa shape index (κ3) is 6.93. The molecule has 2 N–H and O–H groups in total. The van der Waals surface area contributed by atoms with E-state index in [1.807, 2.05) is 29.2 Å². The van der Waals surface area contributed by atoms with Gasteiger partial charge in [-0.05, 0) is 92.2 Å². The van der Waals surface area contributed by atoms with Gasteiger partial charge in [0.1, 0.15) is 11.4 Å². The molecule has 9 nitrogen and oxygen atoms in total. The van der Waals surface area contributed by atoms with Crippen molar-refractivity contribution in [2.24, 2.45) is 22.7 Å². The third-order valence-electron chi connectivity index (χ3n) is 8.78. The summed E-state index contributed by atoms with van der Waals surface area (Å²) in [5.74, 6) is 1.70. The lowest BCUT2D eigenvalue weighted by molar-refractivity contribution is -0.133. The predicted molar refractivity (Wildman–Crippen MR) is 168 cm³/mol. The molecule has 0 bridgehead atoms. The molecule has 2 heterocycles. The monoisotopic (exact) mass is 623 g/mol. The number of amides is 2. The van der Waals surface area contributed by atoms with Crippen molar-refractivity contribution in [1.29, 1.82) is 0 Å². The summed E-state index contributed by atoms with van der Waals surface area (Å²) in [5, 5.41) is 17.4. The van der Waals surface area contributed by atoms with Gasteiger partial charge in [-0.3, -0.25) is 14.6 Å². The first-order valence-electron chi connectivity index (χ1n) is 15.1. The van der Waals surface area contributed by atoms with Crippen molar-refractivity contribution >= 4 is 40.7 Å². The van der Waals surface area contributed by atoms with Gasteiger partial charge in [0, 0.05) is 21.2 Å². The van der Waals surface area contributed by atoms with Gasteiger partial charge in [0.25, 0.3) is 11.8 Å². The number of nitrogens with one attached hydrogen (secondary N) is 2. The minimum atomic E-state index is -0.644. The molecule has 1 saturated carbocycles. The number of hydrogen-bond donors (Lipinski definition) is 2. The number of carbonyl (C=O) groups excluding carboxylic acids is 2. The number of aromatic nitrogens is 4. The van der Waals surface area contributed by atoms with Gasteiger partial charge in [-0.2, -0.15) is 5.21 Å². The van der Waals surface area contributed by atoms with E-state index in [0.29, 0.717) is 50.5 Å². The smallest absolute Gasteiger partial charge is 0.275 e. The molecule has 0 radical (unpaired) electrons. The summed E-state index contributed by atoms with van der Waals surface area (Å²) in [6.45, 7) is 9.10. The number of nitrogens with zero attached hydrogens (tertiary/aromatic N) is 5. The van der Waals surface area contributed by atoms with Crippen molar-refractivity contribution in [3.8, 4) is 0 Å². The Labute approximate surface area is 262 Å². The first-order chi connectivity index (χ1) is 20.6. The first kappa shape index (κ1) is 31.1. The largest absolute Gasteiger partial charge is 0.345 e. The second kappa shape index (κ2) is 13.1. The zero-order valence-electron chi connectivity index (χ0n) is 25.1. The van der Waals surface area contributed by atoms with Crippen LogP contribution in [0.4, 0.5) is 0 Å². The molecule has 2 aliphatic rings. The van der Waals surface area contributed by atoms with Crippen LogP contribution in [0.2, 0.25) is 10.0 Å². The molecule has 1 spiro atoms. The lowest BCUT2D eigenvalue weighted by atomic mass is 9.75. The van der Waals surface area contributed by atoms with E-state index in [2.05, 4.69) is 53.6 Å². The second-order valence-corrected chi connectivity index (χ2v) is 13.4. The van der Waals surface area contributed by atoms with E-state index in [0.717, 1.165) is 44.1 Å². The van der Waals surface area contributed by atoms with Crippen LogP contribution in [-0.4, -0.2) is 48.7 Å². The average molecular weight is 625 g/mol. The van der Waals surface area contributed by atoms with Crippen LogP contribution >= 0.6 is 23.2 Å². The normalized spacial score (nSPS) is 21.1. The lowest BCUT2D eigenvalue weighted by Crippen LogP contribution is -2.51. The van der Waals surface area contributed by atoms with Gasteiger partial charge in [0.05, 0.1) is 12.6 Å². The molecule has 11 heteroatoms. The summed E-state index contributed by atoms with van der Waals surface area (Å²) in [5.41, 5.74) is 1.91. The van der Waals surface area contributed by atoms with E-state index < -0.39 is 5.66 Å². The minimum absolute atomic E-state index is 0.1000. The molecule has 228 valence electrons. The standard InChI is InChI=1S/C32H39Cl2N7O2/c1-19(2)5-10-27(22-6-8-23(9-7-22)30(42)35-18-28-37-39-40-38-28)41-31(43)29(24-15-25(33)17-26(34)16-24)36-32(41)13-11-21(12-14-32)20(3)4/h6-9,15-17,19-21,27H,5,10-14,18H2,1-4H3,(H,35,42)(H,37,38,39,40)/t21?,27-,32?/m1/s1. The number of hydrogen-bond acceptors (Lipinski definition) is 6. The highest BCUT2D eigenvalue weighted by Crippen LogP contribution is 2.48. The average Bonchev–Trinajstić information content (AvgIpc) is 3.59. The summed E-state index contributed by atoms with van der Waals surface area (Å²) in [7, 11) is 0. The Balaban J connectivity index is 1.48. The summed E-state index contributed by atoms with van der Waals surface area (Å²) >= 11 is 12.7. The molecule has 43 heavy (non-hydrogen) atoms. The molecule has 2 aromatic carbocycles. The van der Waals surface area contributed by atoms with E-state index in [1.165, 1.54) is 0 Å². The van der Waals surface area contributed by atoms with E-state index in [-0.39, 0.29) is 24.4 Å². The van der Waals surface area contributed by atoms with E-state index >= 15 is 0 Å². The third-order valence-corrected chi connectivity index (χ3v) is 9.22. The fourth-order valence-corrected chi connectivity index (χ4v) is 6.88. The Morgan fingerprint density at radius 3 is 2.30 bits per heavy atom. The van der Waals surface area contributed by atoms with Gasteiger partial charge in [0.2, 0.25) is 0 Å². The summed E-state index contributed by atoms with van der Waals surface area (Å²) in [6.07, 6.45) is 5.32. The number of rotatable bonds is 10. The Hall–Kier alpha value is -3.30. The maximum Gasteiger partial charge on any atom is 0.275 e. The van der Waals surface area contributed by atoms with Crippen LogP contribution in [0.15, 0.2) is 47.5 Å². The van der Waals surface area contributed by atoms with Crippen molar-refractivity contribution in [1.82, 2.24) is 30.8 Å². The number of halogens is 2. The Bertz CT molecular complexity index is 1440. The topological polar surface area (TPSA) is 116 Å². The molecule has 1 atom stereocenters. The van der Waals surface area contributed by atoms with Crippen molar-refractivity contribution < 1.29 is 9.59 Å². The van der Waals surface area contributed by atoms with Crippen LogP contribution in [-0.2, 0) is 11.3 Å². The molecule has 0 unspecified atom stereocenters. The SMILES string of the molecule is CC(C)CC[C@H](c1ccc(C(=O)NCc2nn[nH]n2)cc1)N1C(=O)C(c2cc(Cl)cc(Cl)c2)=NC12CCC(C(C)C)CC2. The molecule has 2 amide bonds. The van der Waals surface area contributed by atoms with Crippen LogP contribution in [0, 0.1) is 17.8 Å². The number of tetrazole rings is 1. The molecule has 3 aromatic rings. The molecular weight excluding hydrogens is 585 g/mol. The highest BCUT2D eigenvalue weighted by molar-refractivity contribution is 6.47. The predicted octanol–water partition coefficient (Wildman–Crippen LogP) is 6.79. The number of carbonyl (C=O) groups is 2. The lowest BCUT2D eigenvalue weighted by Gasteiger charge is -2.46. The molecule has 1 fully saturated rings. The van der Waals surface area contributed by atoms with Gasteiger partial charge in [-0.1, -0.05) is 68.2 Å². The highest BCUT2D eigenvalue weighted by atomic mass is 35.5. The van der Waals surface area contributed by atoms with E-state index in [1.54, 1.807) is 18.2 Å². The van der Waals surface area contributed by atoms with Crippen LogP contribution < -0.4 is 5.32 Å². The van der Waals surface area contributed by atoms with Gasteiger partial charge >= 0.3 is 0 Å². The number of aliphatic imine (C=N–C) groups is 1. The number of aromatic amines is 1. The second-order valence-electron chi connectivity index (χ2n) is 12.5. The first-order valence-corrected chi connectivity index (χ1v) is 15.8. The molecule has 1 aromatic heterocycles. The Morgan fingerprint density at radius 1 is 1.05 bits per heavy atom. The van der Waals surface area contributed by atoms with Crippen LogP contribution in [0.1, 0.15) is 99.6 Å². The molecule has 0 saturated heterocycles. The Morgan fingerprint density at radius 2 is 1.72 bits per heavy atom. The summed E-state index contributed by atoms with van der Waals surface area (Å²) < 4.78 is 0. The van der Waals surface area contributed by atoms with Crippen LogP contribution in [0.5, 0.6) is 0 Å². The van der Waals surface area contributed by atoms with E-state index in [9.17, 15) is 9.59 Å². The van der Waals surface area contributed by atoms with Gasteiger partial charge in [-0.15, -0.1) is 10.2 Å². The maximum atomic E-state index is 14.5. The highest BCUT2D eigenvalue weighted by Gasteiger charge is 2.52. The van der Waals surface area contributed by atoms with Gasteiger partial charge < -0.3 is 10.2 Å². The molecular formula is C32H39Cl2N7O2. The summed E-state index contributed by atoms with van der Waals surface area (Å²) in [6, 6.07) is 12.5. The number of benzene rings is 2. The number of H-pyrrole nitrogens is 1. The zero-order chi connectivity index (χ0) is 30.7.